The Balaban J connectivity index is 3.20. The minimum absolute atomic E-state index is 0.0540. The van der Waals surface area contributed by atoms with Gasteiger partial charge in [0.15, 0.2) is 6.61 Å². The molecule has 0 aromatic rings. The zero-order chi connectivity index (χ0) is 11.5. The highest BCUT2D eigenvalue weighted by molar-refractivity contribution is 5.67. The third-order valence-corrected chi connectivity index (χ3v) is 1.26. The Hall–Kier alpha value is -1.74. The van der Waals surface area contributed by atoms with E-state index in [0.717, 1.165) is 0 Å². The summed E-state index contributed by atoms with van der Waals surface area (Å²) in [7, 11) is 0. The summed E-state index contributed by atoms with van der Waals surface area (Å²) in [5.74, 6) is 1.22. The van der Waals surface area contributed by atoms with E-state index in [2.05, 4.69) is 16.0 Å². The zero-order valence-corrected chi connectivity index (χ0v) is 8.19. The molecule has 0 aliphatic heterocycles. The number of ether oxygens (including phenoxy) is 2. The van der Waals surface area contributed by atoms with E-state index in [1.165, 1.54) is 0 Å². The Morgan fingerprint density at radius 2 is 2.13 bits per heavy atom. The van der Waals surface area contributed by atoms with E-state index in [1.807, 2.05) is 0 Å². The van der Waals surface area contributed by atoms with Gasteiger partial charge in [-0.1, -0.05) is 5.92 Å². The fraction of sp³-hybridized carbons (Fsp3) is 0.556. The average molecular weight is 215 g/mol. The number of rotatable bonds is 7. The largest absolute Gasteiger partial charge is 0.481 e. The molecule has 0 unspecified atom stereocenters. The number of hydrogen-bond acceptors (Lipinski definition) is 4. The predicted octanol–water partition coefficient (Wildman–Crippen LogP) is -0.163. The highest BCUT2D eigenvalue weighted by Gasteiger charge is 1.99. The smallest absolute Gasteiger partial charge is 0.408 e. The molecule has 0 heterocycles. The van der Waals surface area contributed by atoms with Crippen molar-refractivity contribution in [3.8, 4) is 12.3 Å². The fourth-order valence-electron chi connectivity index (χ4n) is 0.645. The van der Waals surface area contributed by atoms with Crippen molar-refractivity contribution in [3.05, 3.63) is 0 Å². The highest BCUT2D eigenvalue weighted by Crippen LogP contribution is 1.82. The van der Waals surface area contributed by atoms with Crippen molar-refractivity contribution in [2.24, 2.45) is 0 Å². The molecular formula is C9H13NO5. The third-order valence-electron chi connectivity index (χ3n) is 1.26. The SMILES string of the molecule is C#CCOC(=O)NCCOCCC(=O)O. The Morgan fingerprint density at radius 3 is 2.73 bits per heavy atom. The number of alkyl carbamates (subject to hydrolysis) is 1. The average Bonchev–Trinajstić information content (AvgIpc) is 2.19. The molecule has 0 bridgehead atoms. The monoisotopic (exact) mass is 215 g/mol. The Kier molecular flexibility index (Phi) is 7.82. The van der Waals surface area contributed by atoms with E-state index < -0.39 is 12.1 Å². The molecule has 0 atom stereocenters. The van der Waals surface area contributed by atoms with E-state index in [9.17, 15) is 9.59 Å². The lowest BCUT2D eigenvalue weighted by Gasteiger charge is -2.04. The lowest BCUT2D eigenvalue weighted by molar-refractivity contribution is -0.138. The van der Waals surface area contributed by atoms with Crippen LogP contribution < -0.4 is 5.32 Å². The topological polar surface area (TPSA) is 84.9 Å². The fourth-order valence-corrected chi connectivity index (χ4v) is 0.645. The number of terminal acetylenes is 1. The molecule has 15 heavy (non-hydrogen) atoms. The van der Waals surface area contributed by atoms with Gasteiger partial charge in [0.1, 0.15) is 0 Å². The first-order valence-corrected chi connectivity index (χ1v) is 4.30. The van der Waals surface area contributed by atoms with Crippen molar-refractivity contribution in [1.82, 2.24) is 5.32 Å². The van der Waals surface area contributed by atoms with Crippen LogP contribution in [0, 0.1) is 12.3 Å². The van der Waals surface area contributed by atoms with E-state index in [0.29, 0.717) is 0 Å². The van der Waals surface area contributed by atoms with Crippen molar-refractivity contribution in [1.29, 1.82) is 0 Å². The summed E-state index contributed by atoms with van der Waals surface area (Å²) >= 11 is 0. The third kappa shape index (κ3) is 10.2. The van der Waals surface area contributed by atoms with Gasteiger partial charge < -0.3 is 19.9 Å². The van der Waals surface area contributed by atoms with Gasteiger partial charge in [-0.25, -0.2) is 4.79 Å². The summed E-state index contributed by atoms with van der Waals surface area (Å²) in [5.41, 5.74) is 0. The van der Waals surface area contributed by atoms with Crippen molar-refractivity contribution in [2.75, 3.05) is 26.4 Å². The summed E-state index contributed by atoms with van der Waals surface area (Å²) in [6.45, 7) is 0.531. The summed E-state index contributed by atoms with van der Waals surface area (Å²) < 4.78 is 9.41. The first kappa shape index (κ1) is 13.3. The number of carboxylic acid groups (broad SMARTS) is 1. The molecule has 0 spiro atoms. The molecular weight excluding hydrogens is 202 g/mol. The summed E-state index contributed by atoms with van der Waals surface area (Å²) in [6, 6.07) is 0. The summed E-state index contributed by atoms with van der Waals surface area (Å²) in [4.78, 5) is 20.8. The van der Waals surface area contributed by atoms with E-state index in [4.69, 9.17) is 16.3 Å². The second kappa shape index (κ2) is 8.84. The van der Waals surface area contributed by atoms with Crippen LogP contribution in [0.1, 0.15) is 6.42 Å². The quantitative estimate of drug-likeness (QED) is 0.455. The maximum atomic E-state index is 10.8. The van der Waals surface area contributed by atoms with Gasteiger partial charge in [0.2, 0.25) is 0 Å². The Bertz CT molecular complexity index is 245. The predicted molar refractivity (Wildman–Crippen MR) is 51.3 cm³/mol. The molecule has 6 heteroatoms. The van der Waals surface area contributed by atoms with Gasteiger partial charge in [-0.05, 0) is 0 Å². The second-order valence-corrected chi connectivity index (χ2v) is 2.46. The number of carbonyl (C=O) groups is 2. The van der Waals surface area contributed by atoms with E-state index >= 15 is 0 Å². The molecule has 0 saturated heterocycles. The molecule has 0 rings (SSSR count). The molecule has 0 saturated carbocycles. The van der Waals surface area contributed by atoms with Crippen LogP contribution in [0.15, 0.2) is 0 Å². The molecule has 0 aromatic carbocycles. The first-order valence-electron chi connectivity index (χ1n) is 4.30. The number of carboxylic acids is 1. The molecule has 0 aliphatic rings. The Labute approximate surface area is 87.6 Å². The van der Waals surface area contributed by atoms with Crippen LogP contribution in [0.4, 0.5) is 4.79 Å². The molecule has 6 nitrogen and oxygen atoms in total. The lowest BCUT2D eigenvalue weighted by Crippen LogP contribution is -2.28. The van der Waals surface area contributed by atoms with Crippen LogP contribution in [0.2, 0.25) is 0 Å². The molecule has 0 aliphatic carbocycles. The van der Waals surface area contributed by atoms with Crippen LogP contribution in [0.3, 0.4) is 0 Å². The number of aliphatic carboxylic acids is 1. The highest BCUT2D eigenvalue weighted by atomic mass is 16.5. The molecule has 0 radical (unpaired) electrons. The van der Waals surface area contributed by atoms with Crippen LogP contribution in [0.25, 0.3) is 0 Å². The van der Waals surface area contributed by atoms with Gasteiger partial charge in [-0.2, -0.15) is 0 Å². The minimum Gasteiger partial charge on any atom is -0.481 e. The van der Waals surface area contributed by atoms with Gasteiger partial charge in [0.25, 0.3) is 0 Å². The standard InChI is InChI=1S/C9H13NO5/c1-2-5-15-9(13)10-4-7-14-6-3-8(11)12/h1H,3-7H2,(H,10,13)(H,11,12). The molecule has 1 amide bonds. The van der Waals surface area contributed by atoms with Gasteiger partial charge in [0, 0.05) is 6.54 Å². The number of amides is 1. The van der Waals surface area contributed by atoms with Crippen molar-refractivity contribution >= 4 is 12.1 Å². The number of carbonyl (C=O) groups excluding carboxylic acids is 1. The minimum atomic E-state index is -0.920. The van der Waals surface area contributed by atoms with Gasteiger partial charge in [0.05, 0.1) is 19.6 Å². The van der Waals surface area contributed by atoms with E-state index in [-0.39, 0.29) is 32.8 Å². The van der Waals surface area contributed by atoms with E-state index in [1.54, 1.807) is 0 Å². The van der Waals surface area contributed by atoms with Gasteiger partial charge in [-0.3, -0.25) is 4.79 Å². The van der Waals surface area contributed by atoms with Crippen molar-refractivity contribution < 1.29 is 24.2 Å². The molecule has 0 fully saturated rings. The lowest BCUT2D eigenvalue weighted by atomic mass is 10.5. The van der Waals surface area contributed by atoms with Gasteiger partial charge in [-0.15, -0.1) is 6.42 Å². The molecule has 84 valence electrons. The zero-order valence-electron chi connectivity index (χ0n) is 8.19. The van der Waals surface area contributed by atoms with Crippen LogP contribution in [0.5, 0.6) is 0 Å². The van der Waals surface area contributed by atoms with Crippen LogP contribution in [-0.4, -0.2) is 43.5 Å². The normalized spacial score (nSPS) is 9.00. The summed E-state index contributed by atoms with van der Waals surface area (Å²) in [6.07, 6.45) is 4.19. The number of hydrogen-bond donors (Lipinski definition) is 2. The second-order valence-electron chi connectivity index (χ2n) is 2.46. The van der Waals surface area contributed by atoms with Gasteiger partial charge >= 0.3 is 12.1 Å². The molecule has 0 aromatic heterocycles. The van der Waals surface area contributed by atoms with Crippen LogP contribution in [-0.2, 0) is 14.3 Å². The molecule has 2 N–H and O–H groups in total. The van der Waals surface area contributed by atoms with Crippen molar-refractivity contribution in [3.63, 3.8) is 0 Å². The maximum Gasteiger partial charge on any atom is 0.408 e. The number of nitrogens with one attached hydrogen (secondary N) is 1. The van der Waals surface area contributed by atoms with Crippen molar-refractivity contribution in [2.45, 2.75) is 6.42 Å². The maximum absolute atomic E-state index is 10.8. The first-order chi connectivity index (χ1) is 7.16. The van der Waals surface area contributed by atoms with Crippen LogP contribution >= 0.6 is 0 Å². The summed E-state index contributed by atoms with van der Waals surface area (Å²) in [5, 5.41) is 10.6. The Morgan fingerprint density at radius 1 is 1.40 bits per heavy atom.